The van der Waals surface area contributed by atoms with E-state index in [1.165, 1.54) is 4.90 Å². The summed E-state index contributed by atoms with van der Waals surface area (Å²) in [6.07, 6.45) is 0. The molecule has 1 aliphatic heterocycles. The molecule has 1 saturated heterocycles. The summed E-state index contributed by atoms with van der Waals surface area (Å²) < 4.78 is 5.28. The van der Waals surface area contributed by atoms with Crippen LogP contribution in [0.5, 0.6) is 5.75 Å². The Balaban J connectivity index is 0.00000112. The first-order chi connectivity index (χ1) is 6.86. The molecule has 0 atom stereocenters. The molecule has 0 amide bonds. The molecule has 1 aromatic rings. The van der Waals surface area contributed by atoms with Gasteiger partial charge in [0.05, 0.1) is 13.2 Å². The van der Waals surface area contributed by atoms with Crippen molar-refractivity contribution in [2.75, 3.05) is 26.3 Å². The van der Waals surface area contributed by atoms with Gasteiger partial charge in [0.15, 0.2) is 0 Å². The Labute approximate surface area is 96.1 Å². The van der Waals surface area contributed by atoms with Gasteiger partial charge in [-0.25, -0.2) is 0 Å². The summed E-state index contributed by atoms with van der Waals surface area (Å²) in [5.41, 5.74) is 1.03. The van der Waals surface area contributed by atoms with Crippen LogP contribution in [0, 0.1) is 0 Å². The normalized spacial score (nSPS) is 17.1. The van der Waals surface area contributed by atoms with Crippen LogP contribution in [-0.4, -0.2) is 31.4 Å². The van der Waals surface area contributed by atoms with Crippen molar-refractivity contribution < 1.29 is 27.2 Å². The Morgan fingerprint density at radius 3 is 2.53 bits per heavy atom. The molecule has 0 aliphatic carbocycles. The molecule has 2 N–H and O–H groups in total. The number of rotatable bonds is 2. The Morgan fingerprint density at radius 1 is 1.20 bits per heavy atom. The maximum atomic E-state index is 9.60. The Morgan fingerprint density at radius 2 is 1.87 bits per heavy atom. The van der Waals surface area contributed by atoms with Crippen molar-refractivity contribution in [1.82, 2.24) is 0 Å². The number of halogens is 1. The van der Waals surface area contributed by atoms with E-state index in [9.17, 15) is 5.11 Å². The van der Waals surface area contributed by atoms with E-state index in [-0.39, 0.29) is 12.4 Å². The summed E-state index contributed by atoms with van der Waals surface area (Å²) in [6.45, 7) is 4.64. The average molecular weight is 230 g/mol. The molecule has 0 radical (unpaired) electrons. The second-order valence-corrected chi connectivity index (χ2v) is 3.67. The summed E-state index contributed by atoms with van der Waals surface area (Å²) in [5, 5.41) is 9.60. The lowest BCUT2D eigenvalue weighted by atomic mass is 10.2. The molecule has 0 unspecified atom stereocenters. The van der Waals surface area contributed by atoms with Crippen molar-refractivity contribution in [3.05, 3.63) is 29.8 Å². The maximum Gasteiger partial charge on any atom is 0.124 e. The topological polar surface area (TPSA) is 33.9 Å². The van der Waals surface area contributed by atoms with Crippen molar-refractivity contribution in [2.24, 2.45) is 0 Å². The summed E-state index contributed by atoms with van der Waals surface area (Å²) in [6, 6.07) is 7.55. The SMILES string of the molecule is Oc1ccccc1C[NH+]1CCOCC1.[Cl-]. The van der Waals surface area contributed by atoms with E-state index in [0.29, 0.717) is 5.75 Å². The minimum absolute atomic E-state index is 0. The van der Waals surface area contributed by atoms with Crippen LogP contribution < -0.4 is 17.3 Å². The molecule has 84 valence electrons. The number of hydrogen-bond acceptors (Lipinski definition) is 2. The van der Waals surface area contributed by atoms with Gasteiger partial charge in [-0.05, 0) is 12.1 Å². The van der Waals surface area contributed by atoms with E-state index in [1.54, 1.807) is 6.07 Å². The van der Waals surface area contributed by atoms with Crippen LogP contribution in [0.15, 0.2) is 24.3 Å². The molecule has 0 spiro atoms. The van der Waals surface area contributed by atoms with Crippen LogP contribution in [0.2, 0.25) is 0 Å². The third kappa shape index (κ3) is 3.38. The lowest BCUT2D eigenvalue weighted by Gasteiger charge is -2.23. The first-order valence-electron chi connectivity index (χ1n) is 5.04. The number of aromatic hydroxyl groups is 1. The zero-order valence-corrected chi connectivity index (χ0v) is 9.33. The van der Waals surface area contributed by atoms with Gasteiger partial charge in [-0.15, -0.1) is 0 Å². The van der Waals surface area contributed by atoms with Gasteiger partial charge in [-0.1, -0.05) is 12.1 Å². The van der Waals surface area contributed by atoms with Crippen LogP contribution in [0.3, 0.4) is 0 Å². The van der Waals surface area contributed by atoms with E-state index < -0.39 is 0 Å². The first-order valence-corrected chi connectivity index (χ1v) is 5.04. The average Bonchev–Trinajstić information content (AvgIpc) is 2.23. The predicted molar refractivity (Wildman–Crippen MR) is 53.3 cm³/mol. The van der Waals surface area contributed by atoms with Crippen molar-refractivity contribution in [3.63, 3.8) is 0 Å². The fraction of sp³-hybridized carbons (Fsp3) is 0.455. The second kappa shape index (κ2) is 5.95. The largest absolute Gasteiger partial charge is 1.00 e. The van der Waals surface area contributed by atoms with Gasteiger partial charge in [0.2, 0.25) is 0 Å². The van der Waals surface area contributed by atoms with E-state index in [0.717, 1.165) is 38.4 Å². The molecule has 1 fully saturated rings. The standard InChI is InChI=1S/C11H15NO2.ClH/c13-11-4-2-1-3-10(11)9-12-5-7-14-8-6-12;/h1-4,13H,5-9H2;1H. The zero-order valence-electron chi connectivity index (χ0n) is 8.58. The number of morpholine rings is 1. The Hall–Kier alpha value is -0.770. The molecule has 4 heteroatoms. The molecule has 1 aromatic carbocycles. The minimum atomic E-state index is 0. The van der Waals surface area contributed by atoms with Crippen LogP contribution in [0.1, 0.15) is 5.56 Å². The number of benzene rings is 1. The number of phenolic OH excluding ortho intramolecular Hbond substituents is 1. The number of ether oxygens (including phenoxy) is 1. The summed E-state index contributed by atoms with van der Waals surface area (Å²) in [5.74, 6) is 0.409. The Kier molecular flexibility index (Phi) is 4.88. The smallest absolute Gasteiger partial charge is 0.124 e. The minimum Gasteiger partial charge on any atom is -1.00 e. The lowest BCUT2D eigenvalue weighted by Crippen LogP contribution is -3.12. The third-order valence-corrected chi connectivity index (χ3v) is 2.63. The fourth-order valence-corrected chi connectivity index (χ4v) is 1.77. The van der Waals surface area contributed by atoms with E-state index >= 15 is 0 Å². The molecule has 15 heavy (non-hydrogen) atoms. The van der Waals surface area contributed by atoms with Crippen molar-refractivity contribution >= 4 is 0 Å². The number of para-hydroxylation sites is 1. The quantitative estimate of drug-likeness (QED) is 0.561. The highest BCUT2D eigenvalue weighted by atomic mass is 35.5. The van der Waals surface area contributed by atoms with Crippen molar-refractivity contribution in [1.29, 1.82) is 0 Å². The third-order valence-electron chi connectivity index (χ3n) is 2.63. The van der Waals surface area contributed by atoms with Gasteiger partial charge >= 0.3 is 0 Å². The zero-order chi connectivity index (χ0) is 9.80. The molecule has 1 aliphatic rings. The highest BCUT2D eigenvalue weighted by Crippen LogP contribution is 2.13. The number of phenols is 1. The van der Waals surface area contributed by atoms with E-state index in [2.05, 4.69) is 0 Å². The van der Waals surface area contributed by atoms with Gasteiger partial charge in [0.25, 0.3) is 0 Å². The van der Waals surface area contributed by atoms with Gasteiger partial charge in [0.1, 0.15) is 25.4 Å². The molecular formula is C11H16ClNO2. The summed E-state index contributed by atoms with van der Waals surface area (Å²) in [4.78, 5) is 1.48. The molecule has 0 saturated carbocycles. The fourth-order valence-electron chi connectivity index (χ4n) is 1.77. The van der Waals surface area contributed by atoms with Gasteiger partial charge < -0.3 is 27.2 Å². The molecule has 0 bridgehead atoms. The number of nitrogens with one attached hydrogen (secondary N) is 1. The van der Waals surface area contributed by atoms with Gasteiger partial charge in [-0.3, -0.25) is 0 Å². The Bertz CT molecular complexity index is 300. The van der Waals surface area contributed by atoms with Gasteiger partial charge in [0, 0.05) is 5.56 Å². The van der Waals surface area contributed by atoms with Crippen LogP contribution in [-0.2, 0) is 11.3 Å². The molecule has 0 aromatic heterocycles. The first kappa shape index (κ1) is 12.3. The number of hydrogen-bond donors (Lipinski definition) is 2. The predicted octanol–water partition coefficient (Wildman–Crippen LogP) is -3.19. The summed E-state index contributed by atoms with van der Waals surface area (Å²) >= 11 is 0. The molecule has 1 heterocycles. The van der Waals surface area contributed by atoms with Crippen molar-refractivity contribution in [3.8, 4) is 5.75 Å². The molecule has 2 rings (SSSR count). The van der Waals surface area contributed by atoms with E-state index in [1.807, 2.05) is 18.2 Å². The maximum absolute atomic E-state index is 9.60. The van der Waals surface area contributed by atoms with Crippen LogP contribution in [0.25, 0.3) is 0 Å². The van der Waals surface area contributed by atoms with E-state index in [4.69, 9.17) is 4.74 Å². The number of quaternary nitrogens is 1. The summed E-state index contributed by atoms with van der Waals surface area (Å²) in [7, 11) is 0. The van der Waals surface area contributed by atoms with Crippen LogP contribution in [0.4, 0.5) is 0 Å². The highest BCUT2D eigenvalue weighted by molar-refractivity contribution is 5.30. The monoisotopic (exact) mass is 229 g/mol. The highest BCUT2D eigenvalue weighted by Gasteiger charge is 2.15. The van der Waals surface area contributed by atoms with Crippen LogP contribution >= 0.6 is 0 Å². The lowest BCUT2D eigenvalue weighted by molar-refractivity contribution is -0.921. The van der Waals surface area contributed by atoms with Gasteiger partial charge in [-0.2, -0.15) is 0 Å². The molecular weight excluding hydrogens is 214 g/mol. The molecule has 3 nitrogen and oxygen atoms in total. The van der Waals surface area contributed by atoms with Crippen molar-refractivity contribution in [2.45, 2.75) is 6.54 Å². The second-order valence-electron chi connectivity index (χ2n) is 3.67.